The summed E-state index contributed by atoms with van der Waals surface area (Å²) in [6.07, 6.45) is 2.38. The molecule has 0 aliphatic heterocycles. The molecule has 0 fully saturated rings. The van der Waals surface area contributed by atoms with Gasteiger partial charge in [0.05, 0.1) is 29.4 Å². The van der Waals surface area contributed by atoms with Gasteiger partial charge in [0.2, 0.25) is 5.91 Å². The number of aliphatic hydroxyl groups excluding tert-OH is 1. The fourth-order valence-electron chi connectivity index (χ4n) is 4.33. The number of amides is 3. The average molecular weight is 520 g/mol. The summed E-state index contributed by atoms with van der Waals surface area (Å²) in [5, 5.41) is 19.5. The van der Waals surface area contributed by atoms with Crippen LogP contribution in [0.25, 0.3) is 11.0 Å². The third-order valence-corrected chi connectivity index (χ3v) is 6.60. The lowest BCUT2D eigenvalue weighted by atomic mass is 9.88. The number of carbonyl (C=O) groups is 3. The van der Waals surface area contributed by atoms with Gasteiger partial charge in [0.25, 0.3) is 11.8 Å². The standard InChI is InChI=1S/C29H37N5O4/c1-18(2)9-12-21(28(37)31-4)16-26(35)24(15-19-10-13-20(14-11-19)27(36)30-3)34-29(38)25-17-32-22-7-5-6-8-23(22)33-25/h5-8,10-11,13-14,17-18,21,24,26,35H,9,12,15-16H2,1-4H3,(H,30,36)(H,31,37)(H,34,38)/t21-,24+,26+/m1/s1. The van der Waals surface area contributed by atoms with Crippen molar-refractivity contribution in [3.05, 3.63) is 71.5 Å². The number of hydrogen-bond donors (Lipinski definition) is 4. The maximum absolute atomic E-state index is 13.2. The zero-order valence-corrected chi connectivity index (χ0v) is 22.4. The Morgan fingerprint density at radius 1 is 0.895 bits per heavy atom. The van der Waals surface area contributed by atoms with Crippen molar-refractivity contribution in [3.8, 4) is 0 Å². The quantitative estimate of drug-likeness (QED) is 0.291. The van der Waals surface area contributed by atoms with Gasteiger partial charge in [-0.3, -0.25) is 19.4 Å². The number of carbonyl (C=O) groups excluding carboxylic acids is 3. The van der Waals surface area contributed by atoms with Gasteiger partial charge in [-0.1, -0.05) is 44.5 Å². The number of aromatic nitrogens is 2. The van der Waals surface area contributed by atoms with Gasteiger partial charge in [-0.25, -0.2) is 4.98 Å². The van der Waals surface area contributed by atoms with Crippen LogP contribution in [0.2, 0.25) is 0 Å². The second kappa shape index (κ2) is 13.6. The highest BCUT2D eigenvalue weighted by Gasteiger charge is 2.29. The van der Waals surface area contributed by atoms with Crippen LogP contribution in [0, 0.1) is 11.8 Å². The molecule has 2 aromatic carbocycles. The van der Waals surface area contributed by atoms with Gasteiger partial charge in [0, 0.05) is 25.6 Å². The molecular formula is C29H37N5O4. The smallest absolute Gasteiger partial charge is 0.271 e. The van der Waals surface area contributed by atoms with E-state index in [1.54, 1.807) is 44.4 Å². The highest BCUT2D eigenvalue weighted by Crippen LogP contribution is 2.21. The number of aliphatic hydroxyl groups is 1. The van der Waals surface area contributed by atoms with E-state index in [2.05, 4.69) is 39.8 Å². The van der Waals surface area contributed by atoms with E-state index in [1.807, 2.05) is 18.2 Å². The van der Waals surface area contributed by atoms with Crippen LogP contribution in [0.4, 0.5) is 0 Å². The van der Waals surface area contributed by atoms with Crippen LogP contribution >= 0.6 is 0 Å². The predicted octanol–water partition coefficient (Wildman–Crippen LogP) is 2.88. The summed E-state index contributed by atoms with van der Waals surface area (Å²) >= 11 is 0. The van der Waals surface area contributed by atoms with Crippen LogP contribution in [0.3, 0.4) is 0 Å². The van der Waals surface area contributed by atoms with Crippen molar-refractivity contribution < 1.29 is 19.5 Å². The molecular weight excluding hydrogens is 482 g/mol. The van der Waals surface area contributed by atoms with E-state index in [-0.39, 0.29) is 23.9 Å². The summed E-state index contributed by atoms with van der Waals surface area (Å²) in [6.45, 7) is 4.18. The number of fused-ring (bicyclic) bond motifs is 1. The molecule has 3 aromatic rings. The van der Waals surface area contributed by atoms with Crippen molar-refractivity contribution in [2.24, 2.45) is 11.8 Å². The molecule has 9 nitrogen and oxygen atoms in total. The molecule has 38 heavy (non-hydrogen) atoms. The molecule has 3 amide bonds. The second-order valence-corrected chi connectivity index (χ2v) is 9.89. The summed E-state index contributed by atoms with van der Waals surface area (Å²) in [4.78, 5) is 46.4. The lowest BCUT2D eigenvalue weighted by Gasteiger charge is -2.27. The van der Waals surface area contributed by atoms with Crippen LogP contribution in [0.5, 0.6) is 0 Å². The molecule has 3 atom stereocenters. The summed E-state index contributed by atoms with van der Waals surface area (Å²) in [5.41, 5.74) is 2.74. The van der Waals surface area contributed by atoms with Gasteiger partial charge in [-0.15, -0.1) is 0 Å². The number of para-hydroxylation sites is 2. The van der Waals surface area contributed by atoms with E-state index in [9.17, 15) is 19.5 Å². The molecule has 0 aliphatic carbocycles. The molecule has 0 saturated carbocycles. The van der Waals surface area contributed by atoms with Gasteiger partial charge in [0.15, 0.2) is 0 Å². The topological polar surface area (TPSA) is 133 Å². The van der Waals surface area contributed by atoms with Crippen LogP contribution in [0.15, 0.2) is 54.7 Å². The Morgan fingerprint density at radius 2 is 1.58 bits per heavy atom. The maximum atomic E-state index is 13.2. The first-order chi connectivity index (χ1) is 18.2. The number of benzene rings is 2. The predicted molar refractivity (Wildman–Crippen MR) is 147 cm³/mol. The Balaban J connectivity index is 1.84. The Hall–Kier alpha value is -3.85. The molecule has 1 heterocycles. The molecule has 0 bridgehead atoms. The fourth-order valence-corrected chi connectivity index (χ4v) is 4.33. The van der Waals surface area contributed by atoms with Crippen LogP contribution in [0.1, 0.15) is 59.5 Å². The third kappa shape index (κ3) is 7.82. The van der Waals surface area contributed by atoms with Crippen molar-refractivity contribution in [2.75, 3.05) is 14.1 Å². The molecule has 202 valence electrons. The zero-order valence-electron chi connectivity index (χ0n) is 22.4. The molecule has 0 aliphatic rings. The highest BCUT2D eigenvalue weighted by atomic mass is 16.3. The minimum Gasteiger partial charge on any atom is -0.391 e. The van der Waals surface area contributed by atoms with Gasteiger partial charge in [-0.05, 0) is 55.0 Å². The minimum absolute atomic E-state index is 0.134. The monoisotopic (exact) mass is 519 g/mol. The van der Waals surface area contributed by atoms with Gasteiger partial charge >= 0.3 is 0 Å². The summed E-state index contributed by atoms with van der Waals surface area (Å²) in [6, 6.07) is 13.5. The van der Waals surface area contributed by atoms with E-state index in [0.717, 1.165) is 12.0 Å². The summed E-state index contributed by atoms with van der Waals surface area (Å²) in [7, 11) is 3.15. The van der Waals surface area contributed by atoms with Crippen molar-refractivity contribution in [3.63, 3.8) is 0 Å². The first-order valence-electron chi connectivity index (χ1n) is 12.9. The second-order valence-electron chi connectivity index (χ2n) is 9.89. The third-order valence-electron chi connectivity index (χ3n) is 6.60. The van der Waals surface area contributed by atoms with E-state index in [4.69, 9.17) is 0 Å². The molecule has 9 heteroatoms. The highest BCUT2D eigenvalue weighted by molar-refractivity contribution is 5.94. The zero-order chi connectivity index (χ0) is 27.7. The maximum Gasteiger partial charge on any atom is 0.271 e. The van der Waals surface area contributed by atoms with Crippen molar-refractivity contribution in [2.45, 2.75) is 51.7 Å². The number of hydrogen-bond acceptors (Lipinski definition) is 6. The van der Waals surface area contributed by atoms with Gasteiger partial charge < -0.3 is 21.1 Å². The molecule has 0 radical (unpaired) electrons. The van der Waals surface area contributed by atoms with Crippen LogP contribution < -0.4 is 16.0 Å². The Labute approximate surface area is 223 Å². The minimum atomic E-state index is -1.000. The lowest BCUT2D eigenvalue weighted by molar-refractivity contribution is -0.126. The summed E-state index contributed by atoms with van der Waals surface area (Å²) in [5.74, 6) is -0.777. The van der Waals surface area contributed by atoms with Crippen molar-refractivity contribution in [1.82, 2.24) is 25.9 Å². The van der Waals surface area contributed by atoms with E-state index in [0.29, 0.717) is 35.4 Å². The SMILES string of the molecule is CNC(=O)c1ccc(C[C@H](NC(=O)c2cnc3ccccc3n2)[C@@H](O)C[C@@H](CCC(C)C)C(=O)NC)cc1. The van der Waals surface area contributed by atoms with E-state index < -0.39 is 24.0 Å². The van der Waals surface area contributed by atoms with Crippen molar-refractivity contribution >= 4 is 28.8 Å². The molecule has 0 saturated heterocycles. The van der Waals surface area contributed by atoms with E-state index in [1.165, 1.54) is 6.20 Å². The number of nitrogens with one attached hydrogen (secondary N) is 3. The fraction of sp³-hybridized carbons (Fsp3) is 0.414. The normalized spacial score (nSPS) is 13.5. The van der Waals surface area contributed by atoms with Gasteiger partial charge in [-0.2, -0.15) is 0 Å². The first-order valence-corrected chi connectivity index (χ1v) is 12.9. The molecule has 0 unspecified atom stereocenters. The number of rotatable bonds is 12. The lowest BCUT2D eigenvalue weighted by Crippen LogP contribution is -2.46. The molecule has 3 rings (SSSR count). The largest absolute Gasteiger partial charge is 0.391 e. The Bertz CT molecular complexity index is 1250. The Morgan fingerprint density at radius 3 is 2.21 bits per heavy atom. The van der Waals surface area contributed by atoms with Gasteiger partial charge in [0.1, 0.15) is 5.69 Å². The summed E-state index contributed by atoms with van der Waals surface area (Å²) < 4.78 is 0. The molecule has 4 N–H and O–H groups in total. The Kier molecular flexibility index (Phi) is 10.3. The molecule has 0 spiro atoms. The van der Waals surface area contributed by atoms with Crippen LogP contribution in [-0.4, -0.2) is 59.0 Å². The van der Waals surface area contributed by atoms with Crippen LogP contribution in [-0.2, 0) is 11.2 Å². The van der Waals surface area contributed by atoms with E-state index >= 15 is 0 Å². The van der Waals surface area contributed by atoms with Crippen molar-refractivity contribution in [1.29, 1.82) is 0 Å². The average Bonchev–Trinajstić information content (AvgIpc) is 2.93. The first kappa shape index (κ1) is 28.7. The number of nitrogens with zero attached hydrogens (tertiary/aromatic N) is 2. The molecule has 1 aromatic heterocycles.